The summed E-state index contributed by atoms with van der Waals surface area (Å²) in [6.45, 7) is 0.730. The van der Waals surface area contributed by atoms with Crippen molar-refractivity contribution in [2.45, 2.75) is 6.54 Å². The Hall–Kier alpha value is -2.30. The lowest BCUT2D eigenvalue weighted by molar-refractivity contribution is 0.414. The van der Waals surface area contributed by atoms with Crippen LogP contribution in [0.4, 0.5) is 11.8 Å². The summed E-state index contributed by atoms with van der Waals surface area (Å²) in [7, 11) is 3.62. The van der Waals surface area contributed by atoms with Crippen LogP contribution in [0, 0.1) is 0 Å². The van der Waals surface area contributed by atoms with Crippen molar-refractivity contribution in [2.75, 3.05) is 24.8 Å². The number of nitrogens with two attached hydrogens (primary N) is 1. The number of nitrogens with zero attached hydrogens (tertiary/aromatic N) is 3. The van der Waals surface area contributed by atoms with Crippen LogP contribution >= 0.6 is 0 Å². The third-order valence-corrected chi connectivity index (χ3v) is 2.60. The summed E-state index contributed by atoms with van der Waals surface area (Å²) in [6.07, 6.45) is 1.65. The second kappa shape index (κ2) is 5.35. The Morgan fingerprint density at radius 1 is 1.33 bits per heavy atom. The lowest BCUT2D eigenvalue weighted by Gasteiger charge is -2.18. The van der Waals surface area contributed by atoms with E-state index in [1.54, 1.807) is 13.3 Å². The molecule has 0 aliphatic heterocycles. The number of anilines is 2. The molecule has 18 heavy (non-hydrogen) atoms. The average molecular weight is 244 g/mol. The normalized spacial score (nSPS) is 10.1. The van der Waals surface area contributed by atoms with Gasteiger partial charge in [-0.15, -0.1) is 0 Å². The molecule has 0 unspecified atom stereocenters. The molecule has 2 aromatic rings. The summed E-state index contributed by atoms with van der Waals surface area (Å²) >= 11 is 0. The van der Waals surface area contributed by atoms with Crippen LogP contribution in [0.2, 0.25) is 0 Å². The number of benzene rings is 1. The quantitative estimate of drug-likeness (QED) is 0.886. The average Bonchev–Trinajstić information content (AvgIpc) is 2.39. The minimum absolute atomic E-state index is 0.282. The predicted molar refractivity (Wildman–Crippen MR) is 71.5 cm³/mol. The molecule has 0 spiro atoms. The van der Waals surface area contributed by atoms with Crippen molar-refractivity contribution in [3.8, 4) is 5.75 Å². The highest BCUT2D eigenvalue weighted by molar-refractivity contribution is 5.41. The Balaban J connectivity index is 2.13. The predicted octanol–water partition coefficient (Wildman–Crippen LogP) is 1.70. The summed E-state index contributed by atoms with van der Waals surface area (Å²) in [5, 5.41) is 0. The van der Waals surface area contributed by atoms with Gasteiger partial charge in [-0.3, -0.25) is 0 Å². The Morgan fingerprint density at radius 3 is 2.89 bits per heavy atom. The van der Waals surface area contributed by atoms with Gasteiger partial charge in [0.15, 0.2) is 0 Å². The number of aromatic nitrogens is 2. The molecule has 0 atom stereocenters. The first kappa shape index (κ1) is 12.2. The summed E-state index contributed by atoms with van der Waals surface area (Å²) in [5.41, 5.74) is 6.71. The zero-order valence-corrected chi connectivity index (χ0v) is 10.5. The van der Waals surface area contributed by atoms with Gasteiger partial charge in [0.05, 0.1) is 7.11 Å². The van der Waals surface area contributed by atoms with Crippen molar-refractivity contribution in [3.63, 3.8) is 0 Å². The molecule has 1 aromatic heterocycles. The highest BCUT2D eigenvalue weighted by Gasteiger charge is 2.05. The molecule has 2 rings (SSSR count). The topological polar surface area (TPSA) is 64.3 Å². The molecule has 2 N–H and O–H groups in total. The second-order valence-electron chi connectivity index (χ2n) is 3.98. The molecule has 0 aliphatic rings. The van der Waals surface area contributed by atoms with Gasteiger partial charge in [0.1, 0.15) is 11.6 Å². The molecule has 0 bridgehead atoms. The van der Waals surface area contributed by atoms with E-state index in [1.165, 1.54) is 0 Å². The van der Waals surface area contributed by atoms with Crippen LogP contribution < -0.4 is 15.4 Å². The van der Waals surface area contributed by atoms with Gasteiger partial charge in [-0.1, -0.05) is 12.1 Å². The van der Waals surface area contributed by atoms with Gasteiger partial charge >= 0.3 is 0 Å². The number of rotatable bonds is 4. The standard InChI is InChI=1S/C13H16N4O/c1-17(12-6-7-15-13(14)16-12)9-10-4-3-5-11(8-10)18-2/h3-8H,9H2,1-2H3,(H2,14,15,16). The molecule has 5 heteroatoms. The van der Waals surface area contributed by atoms with Crippen LogP contribution in [0.3, 0.4) is 0 Å². The molecule has 0 radical (unpaired) electrons. The first-order valence-electron chi connectivity index (χ1n) is 5.61. The molecule has 1 heterocycles. The van der Waals surface area contributed by atoms with Crippen molar-refractivity contribution in [3.05, 3.63) is 42.1 Å². The number of ether oxygens (including phenoxy) is 1. The van der Waals surface area contributed by atoms with Crippen LogP contribution in [-0.4, -0.2) is 24.1 Å². The summed E-state index contributed by atoms with van der Waals surface area (Å²) in [4.78, 5) is 10.1. The molecule has 5 nitrogen and oxygen atoms in total. The Bertz CT molecular complexity index is 530. The van der Waals surface area contributed by atoms with Crippen molar-refractivity contribution >= 4 is 11.8 Å². The van der Waals surface area contributed by atoms with Crippen LogP contribution in [-0.2, 0) is 6.54 Å². The third kappa shape index (κ3) is 2.88. The lowest BCUT2D eigenvalue weighted by Crippen LogP contribution is -2.18. The number of hydrogen-bond donors (Lipinski definition) is 1. The highest BCUT2D eigenvalue weighted by Crippen LogP contribution is 2.16. The van der Waals surface area contributed by atoms with Gasteiger partial charge in [0.2, 0.25) is 5.95 Å². The molecule has 1 aromatic carbocycles. The Morgan fingerprint density at radius 2 is 2.17 bits per heavy atom. The summed E-state index contributed by atoms with van der Waals surface area (Å²) < 4.78 is 5.20. The van der Waals surface area contributed by atoms with Gasteiger partial charge in [-0.25, -0.2) is 4.98 Å². The molecule has 0 saturated heterocycles. The fourth-order valence-corrected chi connectivity index (χ4v) is 1.70. The van der Waals surface area contributed by atoms with E-state index in [-0.39, 0.29) is 5.95 Å². The Labute approximate surface area is 106 Å². The van der Waals surface area contributed by atoms with E-state index in [4.69, 9.17) is 10.5 Å². The zero-order chi connectivity index (χ0) is 13.0. The largest absolute Gasteiger partial charge is 0.497 e. The van der Waals surface area contributed by atoms with Crippen molar-refractivity contribution in [2.24, 2.45) is 0 Å². The maximum atomic E-state index is 5.57. The fraction of sp³-hybridized carbons (Fsp3) is 0.231. The van der Waals surface area contributed by atoms with Gasteiger partial charge < -0.3 is 15.4 Å². The van der Waals surface area contributed by atoms with E-state index < -0.39 is 0 Å². The second-order valence-corrected chi connectivity index (χ2v) is 3.98. The molecule has 0 aliphatic carbocycles. The molecule has 0 fully saturated rings. The summed E-state index contributed by atoms with van der Waals surface area (Å²) in [5.74, 6) is 1.93. The maximum Gasteiger partial charge on any atom is 0.221 e. The van der Waals surface area contributed by atoms with Gasteiger partial charge in [-0.2, -0.15) is 4.98 Å². The van der Waals surface area contributed by atoms with Crippen molar-refractivity contribution < 1.29 is 4.74 Å². The molecular formula is C13H16N4O. The maximum absolute atomic E-state index is 5.57. The van der Waals surface area contributed by atoms with Crippen molar-refractivity contribution in [1.29, 1.82) is 0 Å². The van der Waals surface area contributed by atoms with Gasteiger partial charge in [-0.05, 0) is 23.8 Å². The van der Waals surface area contributed by atoms with E-state index in [0.717, 1.165) is 23.7 Å². The fourth-order valence-electron chi connectivity index (χ4n) is 1.70. The molecule has 0 saturated carbocycles. The molecule has 94 valence electrons. The van der Waals surface area contributed by atoms with Crippen LogP contribution in [0.15, 0.2) is 36.5 Å². The van der Waals surface area contributed by atoms with E-state index in [1.807, 2.05) is 42.3 Å². The highest BCUT2D eigenvalue weighted by atomic mass is 16.5. The minimum atomic E-state index is 0.282. The number of methoxy groups -OCH3 is 1. The number of hydrogen-bond acceptors (Lipinski definition) is 5. The van der Waals surface area contributed by atoms with Gasteiger partial charge in [0, 0.05) is 19.8 Å². The lowest BCUT2D eigenvalue weighted by atomic mass is 10.2. The Kier molecular flexibility index (Phi) is 3.62. The van der Waals surface area contributed by atoms with Crippen LogP contribution in [0.1, 0.15) is 5.56 Å². The van der Waals surface area contributed by atoms with Crippen LogP contribution in [0.25, 0.3) is 0 Å². The SMILES string of the molecule is COc1cccc(CN(C)c2ccnc(N)n2)c1. The minimum Gasteiger partial charge on any atom is -0.497 e. The third-order valence-electron chi connectivity index (χ3n) is 2.60. The zero-order valence-electron chi connectivity index (χ0n) is 10.5. The van der Waals surface area contributed by atoms with E-state index in [0.29, 0.717) is 0 Å². The first-order valence-corrected chi connectivity index (χ1v) is 5.61. The van der Waals surface area contributed by atoms with E-state index >= 15 is 0 Å². The number of nitrogen functional groups attached to an aromatic ring is 1. The summed E-state index contributed by atoms with van der Waals surface area (Å²) in [6, 6.07) is 9.77. The molecular weight excluding hydrogens is 228 g/mol. The smallest absolute Gasteiger partial charge is 0.221 e. The van der Waals surface area contributed by atoms with Gasteiger partial charge in [0.25, 0.3) is 0 Å². The van der Waals surface area contributed by atoms with E-state index in [2.05, 4.69) is 9.97 Å². The molecule has 0 amide bonds. The van der Waals surface area contributed by atoms with E-state index in [9.17, 15) is 0 Å². The van der Waals surface area contributed by atoms with Crippen molar-refractivity contribution in [1.82, 2.24) is 9.97 Å². The van der Waals surface area contributed by atoms with Crippen LogP contribution in [0.5, 0.6) is 5.75 Å². The monoisotopic (exact) mass is 244 g/mol. The first-order chi connectivity index (χ1) is 8.69.